The minimum Gasteiger partial charge on any atom is -0.0999 e. The van der Waals surface area contributed by atoms with Crippen molar-refractivity contribution in [2.45, 2.75) is 13.3 Å². The number of thioether (sulfide) groups is 1. The lowest BCUT2D eigenvalue weighted by atomic mass is 10.1. The predicted octanol–water partition coefficient (Wildman–Crippen LogP) is 2.79. The standard InChI is InChI=1S/C7H10S/c1-5-4-6(2)8-7(5)3/h5H,2-4H2,1H3. The van der Waals surface area contributed by atoms with Gasteiger partial charge in [0.1, 0.15) is 0 Å². The zero-order valence-electron chi connectivity index (χ0n) is 5.11. The second kappa shape index (κ2) is 1.98. The van der Waals surface area contributed by atoms with Crippen LogP contribution in [0.5, 0.6) is 0 Å². The van der Waals surface area contributed by atoms with E-state index in [1.807, 2.05) is 0 Å². The number of rotatable bonds is 0. The molecule has 0 aliphatic carbocycles. The lowest BCUT2D eigenvalue weighted by Crippen LogP contribution is -1.83. The van der Waals surface area contributed by atoms with Gasteiger partial charge in [0.2, 0.25) is 0 Å². The fraction of sp³-hybridized carbons (Fsp3) is 0.429. The third kappa shape index (κ3) is 0.972. The highest BCUT2D eigenvalue weighted by molar-refractivity contribution is 8.07. The van der Waals surface area contributed by atoms with Gasteiger partial charge in [-0.1, -0.05) is 31.8 Å². The van der Waals surface area contributed by atoms with E-state index in [2.05, 4.69) is 20.1 Å². The van der Waals surface area contributed by atoms with Crippen molar-refractivity contribution >= 4 is 11.8 Å². The Morgan fingerprint density at radius 3 is 2.38 bits per heavy atom. The summed E-state index contributed by atoms with van der Waals surface area (Å²) in [6.07, 6.45) is 1.13. The summed E-state index contributed by atoms with van der Waals surface area (Å²) in [5.41, 5.74) is 0. The Bertz CT molecular complexity index is 135. The molecule has 0 aromatic heterocycles. The molecule has 44 valence electrons. The summed E-state index contributed by atoms with van der Waals surface area (Å²) in [5.74, 6) is 0.660. The van der Waals surface area contributed by atoms with Crippen molar-refractivity contribution in [2.75, 3.05) is 0 Å². The summed E-state index contributed by atoms with van der Waals surface area (Å²) in [6, 6.07) is 0. The van der Waals surface area contributed by atoms with Crippen molar-refractivity contribution < 1.29 is 0 Å². The second-order valence-electron chi connectivity index (χ2n) is 2.21. The largest absolute Gasteiger partial charge is 0.0999 e. The molecular formula is C7H10S. The van der Waals surface area contributed by atoms with Crippen LogP contribution in [0.4, 0.5) is 0 Å². The molecule has 1 rings (SSSR count). The lowest BCUT2D eigenvalue weighted by molar-refractivity contribution is 0.747. The molecule has 0 spiro atoms. The van der Waals surface area contributed by atoms with Crippen molar-refractivity contribution in [3.8, 4) is 0 Å². The molecule has 0 radical (unpaired) electrons. The van der Waals surface area contributed by atoms with E-state index in [1.165, 1.54) is 9.81 Å². The Balaban J connectivity index is 2.64. The van der Waals surface area contributed by atoms with Gasteiger partial charge in [-0.05, 0) is 22.1 Å². The topological polar surface area (TPSA) is 0 Å². The summed E-state index contributed by atoms with van der Waals surface area (Å²) in [5, 5.41) is 0. The highest BCUT2D eigenvalue weighted by Gasteiger charge is 2.17. The number of hydrogen-bond donors (Lipinski definition) is 0. The molecule has 8 heavy (non-hydrogen) atoms. The molecular weight excluding hydrogens is 116 g/mol. The quantitative estimate of drug-likeness (QED) is 0.481. The zero-order valence-corrected chi connectivity index (χ0v) is 5.92. The van der Waals surface area contributed by atoms with Crippen LogP contribution < -0.4 is 0 Å². The van der Waals surface area contributed by atoms with Gasteiger partial charge in [-0.2, -0.15) is 0 Å². The van der Waals surface area contributed by atoms with Crippen LogP contribution in [0.1, 0.15) is 13.3 Å². The van der Waals surface area contributed by atoms with Crippen molar-refractivity contribution in [1.29, 1.82) is 0 Å². The average molecular weight is 126 g/mol. The van der Waals surface area contributed by atoms with Crippen LogP contribution in [-0.4, -0.2) is 0 Å². The second-order valence-corrected chi connectivity index (χ2v) is 3.52. The van der Waals surface area contributed by atoms with Crippen LogP contribution in [0.25, 0.3) is 0 Å². The van der Waals surface area contributed by atoms with Crippen LogP contribution in [0.2, 0.25) is 0 Å². The van der Waals surface area contributed by atoms with Crippen LogP contribution in [-0.2, 0) is 0 Å². The van der Waals surface area contributed by atoms with Crippen molar-refractivity contribution in [2.24, 2.45) is 5.92 Å². The van der Waals surface area contributed by atoms with Gasteiger partial charge in [0, 0.05) is 0 Å². The molecule has 0 bridgehead atoms. The van der Waals surface area contributed by atoms with E-state index < -0.39 is 0 Å². The molecule has 1 fully saturated rings. The Morgan fingerprint density at radius 2 is 2.25 bits per heavy atom. The van der Waals surface area contributed by atoms with Crippen LogP contribution in [0.15, 0.2) is 23.0 Å². The van der Waals surface area contributed by atoms with Crippen molar-refractivity contribution in [3.63, 3.8) is 0 Å². The molecule has 1 saturated heterocycles. The maximum Gasteiger partial charge on any atom is -0.00874 e. The van der Waals surface area contributed by atoms with Crippen LogP contribution >= 0.6 is 11.8 Å². The lowest BCUT2D eigenvalue weighted by Gasteiger charge is -1.95. The molecule has 0 N–H and O–H groups in total. The van der Waals surface area contributed by atoms with Gasteiger partial charge >= 0.3 is 0 Å². The summed E-state index contributed by atoms with van der Waals surface area (Å²) >= 11 is 1.74. The van der Waals surface area contributed by atoms with Gasteiger partial charge in [-0.3, -0.25) is 0 Å². The van der Waals surface area contributed by atoms with Gasteiger partial charge in [-0.15, -0.1) is 0 Å². The van der Waals surface area contributed by atoms with Crippen LogP contribution in [0, 0.1) is 5.92 Å². The summed E-state index contributed by atoms with van der Waals surface area (Å²) < 4.78 is 0. The molecule has 0 nitrogen and oxygen atoms in total. The van der Waals surface area contributed by atoms with Gasteiger partial charge in [0.25, 0.3) is 0 Å². The molecule has 1 unspecified atom stereocenters. The third-order valence-electron chi connectivity index (χ3n) is 1.36. The molecule has 0 amide bonds. The molecule has 1 atom stereocenters. The molecule has 1 aliphatic heterocycles. The first-order valence-electron chi connectivity index (χ1n) is 2.74. The normalized spacial score (nSPS) is 29.4. The Kier molecular flexibility index (Phi) is 1.47. The summed E-state index contributed by atoms with van der Waals surface area (Å²) in [7, 11) is 0. The smallest absolute Gasteiger partial charge is 0.00874 e. The van der Waals surface area contributed by atoms with Gasteiger partial charge in [0.15, 0.2) is 0 Å². The van der Waals surface area contributed by atoms with Crippen molar-refractivity contribution in [1.82, 2.24) is 0 Å². The molecule has 0 aromatic carbocycles. The fourth-order valence-electron chi connectivity index (χ4n) is 0.783. The monoisotopic (exact) mass is 126 g/mol. The fourth-order valence-corrected chi connectivity index (χ4v) is 1.77. The SMILES string of the molecule is C=C1CC(C)C(=C)S1. The van der Waals surface area contributed by atoms with E-state index in [4.69, 9.17) is 0 Å². The Labute approximate surface area is 54.7 Å². The van der Waals surface area contributed by atoms with E-state index in [1.54, 1.807) is 11.8 Å². The van der Waals surface area contributed by atoms with Gasteiger partial charge in [0.05, 0.1) is 0 Å². The van der Waals surface area contributed by atoms with Crippen molar-refractivity contribution in [3.05, 3.63) is 23.0 Å². The van der Waals surface area contributed by atoms with Crippen LogP contribution in [0.3, 0.4) is 0 Å². The third-order valence-corrected chi connectivity index (χ3v) is 2.48. The van der Waals surface area contributed by atoms with E-state index in [-0.39, 0.29) is 0 Å². The first kappa shape index (κ1) is 5.96. The predicted molar refractivity (Wildman–Crippen MR) is 39.7 cm³/mol. The van der Waals surface area contributed by atoms with Gasteiger partial charge < -0.3 is 0 Å². The maximum atomic E-state index is 3.89. The number of allylic oxidation sites excluding steroid dienone is 2. The molecule has 1 heteroatoms. The summed E-state index contributed by atoms with van der Waals surface area (Å²) in [6.45, 7) is 9.93. The van der Waals surface area contributed by atoms with E-state index in [9.17, 15) is 0 Å². The molecule has 0 saturated carbocycles. The number of hydrogen-bond acceptors (Lipinski definition) is 1. The highest BCUT2D eigenvalue weighted by Crippen LogP contribution is 2.41. The zero-order chi connectivity index (χ0) is 6.15. The average Bonchev–Trinajstić information content (AvgIpc) is 1.85. The van der Waals surface area contributed by atoms with E-state index in [0.29, 0.717) is 5.92 Å². The minimum absolute atomic E-state index is 0.660. The highest BCUT2D eigenvalue weighted by atomic mass is 32.2. The van der Waals surface area contributed by atoms with Gasteiger partial charge in [-0.25, -0.2) is 0 Å². The summed E-state index contributed by atoms with van der Waals surface area (Å²) in [4.78, 5) is 2.54. The Hall–Kier alpha value is -0.170. The Morgan fingerprint density at radius 1 is 1.62 bits per heavy atom. The molecule has 1 aliphatic rings. The van der Waals surface area contributed by atoms with E-state index in [0.717, 1.165) is 6.42 Å². The first-order chi connectivity index (χ1) is 3.70. The molecule has 0 aromatic rings. The molecule has 1 heterocycles. The first-order valence-corrected chi connectivity index (χ1v) is 3.56. The maximum absolute atomic E-state index is 3.89. The minimum atomic E-state index is 0.660. The van der Waals surface area contributed by atoms with E-state index >= 15 is 0 Å².